The van der Waals surface area contributed by atoms with Crippen molar-refractivity contribution in [1.29, 1.82) is 0 Å². The van der Waals surface area contributed by atoms with Crippen LogP contribution in [-0.2, 0) is 4.79 Å². The van der Waals surface area contributed by atoms with Crippen LogP contribution in [0.5, 0.6) is 17.2 Å². The molecule has 0 saturated heterocycles. The number of rotatable bonds is 10. The number of carbonyl (C=O) groups excluding carboxylic acids is 1. The van der Waals surface area contributed by atoms with Crippen molar-refractivity contribution in [2.24, 2.45) is 0 Å². The molecule has 0 atom stereocenters. The van der Waals surface area contributed by atoms with Gasteiger partial charge < -0.3 is 19.5 Å². The zero-order chi connectivity index (χ0) is 18.8. The second-order valence-electron chi connectivity index (χ2n) is 6.07. The number of hydrogen-bond donors (Lipinski definition) is 1. The third kappa shape index (κ3) is 6.67. The molecule has 0 heterocycles. The average molecular weight is 357 g/mol. The van der Waals surface area contributed by atoms with Crippen molar-refractivity contribution in [1.82, 2.24) is 5.32 Å². The number of amides is 1. The highest BCUT2D eigenvalue weighted by Crippen LogP contribution is 2.17. The first-order chi connectivity index (χ1) is 12.6. The van der Waals surface area contributed by atoms with Gasteiger partial charge in [0.15, 0.2) is 0 Å². The van der Waals surface area contributed by atoms with E-state index in [1.807, 2.05) is 42.5 Å². The third-order valence-corrected chi connectivity index (χ3v) is 4.05. The summed E-state index contributed by atoms with van der Waals surface area (Å²) in [5.41, 5.74) is 2.44. The number of methoxy groups -OCH3 is 1. The van der Waals surface area contributed by atoms with E-state index in [1.165, 1.54) is 11.1 Å². The number of aryl methyl sites for hydroxylation is 2. The number of nitrogens with one attached hydrogen (secondary N) is 1. The molecule has 0 aliphatic rings. The van der Waals surface area contributed by atoms with Gasteiger partial charge in [0.1, 0.15) is 23.9 Å². The maximum atomic E-state index is 11.8. The molecule has 0 saturated carbocycles. The second-order valence-corrected chi connectivity index (χ2v) is 6.07. The molecule has 5 nitrogen and oxygen atoms in total. The van der Waals surface area contributed by atoms with Gasteiger partial charge in [-0.25, -0.2) is 0 Å². The van der Waals surface area contributed by atoms with Crippen molar-refractivity contribution in [2.75, 3.05) is 26.9 Å². The van der Waals surface area contributed by atoms with Crippen molar-refractivity contribution in [3.8, 4) is 17.2 Å². The molecule has 0 bridgehead atoms. The van der Waals surface area contributed by atoms with Crippen molar-refractivity contribution >= 4 is 5.91 Å². The first kappa shape index (κ1) is 19.6. The predicted molar refractivity (Wildman–Crippen MR) is 102 cm³/mol. The molecule has 0 radical (unpaired) electrons. The molecule has 0 spiro atoms. The topological polar surface area (TPSA) is 56.8 Å². The fourth-order valence-corrected chi connectivity index (χ4v) is 2.35. The third-order valence-electron chi connectivity index (χ3n) is 4.05. The van der Waals surface area contributed by atoms with E-state index in [-0.39, 0.29) is 5.91 Å². The Labute approximate surface area is 155 Å². The smallest absolute Gasteiger partial charge is 0.220 e. The number of hydrogen-bond acceptors (Lipinski definition) is 4. The molecule has 140 valence electrons. The van der Waals surface area contributed by atoms with Crippen molar-refractivity contribution in [2.45, 2.75) is 26.7 Å². The van der Waals surface area contributed by atoms with E-state index in [0.717, 1.165) is 17.2 Å². The molecule has 0 unspecified atom stereocenters. The summed E-state index contributed by atoms with van der Waals surface area (Å²) >= 11 is 0. The Morgan fingerprint density at radius 2 is 1.54 bits per heavy atom. The van der Waals surface area contributed by atoms with Crippen LogP contribution in [0.3, 0.4) is 0 Å². The highest BCUT2D eigenvalue weighted by atomic mass is 16.5. The maximum absolute atomic E-state index is 11.8. The highest BCUT2D eigenvalue weighted by molar-refractivity contribution is 5.75. The Kier molecular flexibility index (Phi) is 7.80. The van der Waals surface area contributed by atoms with E-state index in [1.54, 1.807) is 7.11 Å². The van der Waals surface area contributed by atoms with Crippen molar-refractivity contribution in [3.63, 3.8) is 0 Å². The van der Waals surface area contributed by atoms with Crippen molar-refractivity contribution < 1.29 is 19.0 Å². The van der Waals surface area contributed by atoms with Gasteiger partial charge in [-0.2, -0.15) is 0 Å². The van der Waals surface area contributed by atoms with Gasteiger partial charge in [0.25, 0.3) is 0 Å². The normalized spacial score (nSPS) is 10.3. The Bertz CT molecular complexity index is 698. The monoisotopic (exact) mass is 357 g/mol. The van der Waals surface area contributed by atoms with Crippen LogP contribution in [0.1, 0.15) is 24.0 Å². The molecule has 2 rings (SSSR count). The number of carbonyl (C=O) groups is 1. The Hall–Kier alpha value is -2.69. The minimum Gasteiger partial charge on any atom is -0.497 e. The summed E-state index contributed by atoms with van der Waals surface area (Å²) in [5.74, 6) is 2.40. The predicted octanol–water partition coefficient (Wildman–Crippen LogP) is 3.67. The van der Waals surface area contributed by atoms with Crippen LogP contribution in [0.2, 0.25) is 0 Å². The summed E-state index contributed by atoms with van der Waals surface area (Å²) in [5, 5.41) is 2.86. The van der Waals surface area contributed by atoms with Gasteiger partial charge in [0.05, 0.1) is 20.3 Å². The van der Waals surface area contributed by atoms with Crippen molar-refractivity contribution in [3.05, 3.63) is 53.6 Å². The van der Waals surface area contributed by atoms with Crippen LogP contribution < -0.4 is 19.5 Å². The minimum absolute atomic E-state index is 0.00650. The molecule has 2 aromatic carbocycles. The van der Waals surface area contributed by atoms with E-state index in [4.69, 9.17) is 14.2 Å². The molecule has 0 aliphatic carbocycles. The molecular weight excluding hydrogens is 330 g/mol. The van der Waals surface area contributed by atoms with Crippen LogP contribution in [0, 0.1) is 13.8 Å². The standard InChI is InChI=1S/C21H27NO4/c1-16-6-7-20(15-17(16)2)26-14-12-22-21(23)5-4-13-25-19-10-8-18(24-3)9-11-19/h6-11,15H,4-5,12-14H2,1-3H3,(H,22,23). The molecule has 1 amide bonds. The summed E-state index contributed by atoms with van der Waals surface area (Å²) in [7, 11) is 1.63. The van der Waals surface area contributed by atoms with Crippen LogP contribution in [-0.4, -0.2) is 32.8 Å². The molecule has 1 N–H and O–H groups in total. The van der Waals surface area contributed by atoms with Crippen LogP contribution in [0.4, 0.5) is 0 Å². The zero-order valence-electron chi connectivity index (χ0n) is 15.7. The molecule has 2 aromatic rings. The highest BCUT2D eigenvalue weighted by Gasteiger charge is 2.02. The summed E-state index contributed by atoms with van der Waals surface area (Å²) in [6.45, 7) is 5.57. The van der Waals surface area contributed by atoms with E-state index >= 15 is 0 Å². The summed E-state index contributed by atoms with van der Waals surface area (Å²) in [6.07, 6.45) is 1.09. The molecular formula is C21H27NO4. The van der Waals surface area contributed by atoms with Gasteiger partial charge in [-0.05, 0) is 67.8 Å². The Balaban J connectivity index is 1.55. The van der Waals surface area contributed by atoms with Crippen LogP contribution in [0.15, 0.2) is 42.5 Å². The summed E-state index contributed by atoms with van der Waals surface area (Å²) in [6, 6.07) is 13.4. The fraction of sp³-hybridized carbons (Fsp3) is 0.381. The van der Waals surface area contributed by atoms with E-state index in [2.05, 4.69) is 19.2 Å². The van der Waals surface area contributed by atoms with Gasteiger partial charge >= 0.3 is 0 Å². The van der Waals surface area contributed by atoms with Gasteiger partial charge in [0, 0.05) is 6.42 Å². The van der Waals surface area contributed by atoms with E-state index < -0.39 is 0 Å². The van der Waals surface area contributed by atoms with Crippen LogP contribution in [0.25, 0.3) is 0 Å². The molecule has 0 fully saturated rings. The Morgan fingerprint density at radius 1 is 0.885 bits per heavy atom. The van der Waals surface area contributed by atoms with Gasteiger partial charge in [-0.1, -0.05) is 6.07 Å². The van der Waals surface area contributed by atoms with Gasteiger partial charge in [-0.15, -0.1) is 0 Å². The van der Waals surface area contributed by atoms with E-state index in [0.29, 0.717) is 32.6 Å². The molecule has 0 aromatic heterocycles. The summed E-state index contributed by atoms with van der Waals surface area (Å²) < 4.78 is 16.3. The average Bonchev–Trinajstić information content (AvgIpc) is 2.65. The largest absolute Gasteiger partial charge is 0.497 e. The first-order valence-electron chi connectivity index (χ1n) is 8.82. The second kappa shape index (κ2) is 10.3. The Morgan fingerprint density at radius 3 is 2.23 bits per heavy atom. The minimum atomic E-state index is 0.00650. The zero-order valence-corrected chi connectivity index (χ0v) is 15.7. The lowest BCUT2D eigenvalue weighted by Crippen LogP contribution is -2.28. The lowest BCUT2D eigenvalue weighted by atomic mass is 10.1. The van der Waals surface area contributed by atoms with Gasteiger partial charge in [-0.3, -0.25) is 4.79 Å². The molecule has 0 aliphatic heterocycles. The summed E-state index contributed by atoms with van der Waals surface area (Å²) in [4.78, 5) is 11.8. The first-order valence-corrected chi connectivity index (χ1v) is 8.82. The lowest BCUT2D eigenvalue weighted by molar-refractivity contribution is -0.121. The number of ether oxygens (including phenoxy) is 3. The molecule has 26 heavy (non-hydrogen) atoms. The quantitative estimate of drug-likeness (QED) is 0.659. The number of benzene rings is 2. The molecule has 5 heteroatoms. The fourth-order valence-electron chi connectivity index (χ4n) is 2.35. The van der Waals surface area contributed by atoms with Crippen LogP contribution >= 0.6 is 0 Å². The lowest BCUT2D eigenvalue weighted by Gasteiger charge is -2.10. The maximum Gasteiger partial charge on any atom is 0.220 e. The SMILES string of the molecule is COc1ccc(OCCCC(=O)NCCOc2ccc(C)c(C)c2)cc1. The van der Waals surface area contributed by atoms with Gasteiger partial charge in [0.2, 0.25) is 5.91 Å². The van der Waals surface area contributed by atoms with E-state index in [9.17, 15) is 4.79 Å².